The number of benzene rings is 1. The molecule has 0 aliphatic heterocycles. The van der Waals surface area contributed by atoms with Gasteiger partial charge in [0.1, 0.15) is 5.75 Å². The molecule has 0 atom stereocenters. The second kappa shape index (κ2) is 5.67. The Morgan fingerprint density at radius 3 is 2.50 bits per heavy atom. The van der Waals surface area contributed by atoms with Crippen molar-refractivity contribution in [2.75, 3.05) is 6.54 Å². The molecule has 20 heavy (non-hydrogen) atoms. The Morgan fingerprint density at radius 2 is 1.90 bits per heavy atom. The van der Waals surface area contributed by atoms with Crippen molar-refractivity contribution in [1.29, 1.82) is 0 Å². The van der Waals surface area contributed by atoms with Crippen molar-refractivity contribution in [3.05, 3.63) is 30.0 Å². The number of Topliss-reactive ketones (excluding diaryl/α,β-unsaturated/α-hetero) is 1. The normalized spacial score (nSPS) is 11.9. The smallest absolute Gasteiger partial charge is 0.179 e. The molecule has 0 aliphatic carbocycles. The molecule has 1 aromatic carbocycles. The molecule has 108 valence electrons. The second-order valence-corrected chi connectivity index (χ2v) is 5.69. The highest BCUT2D eigenvalue weighted by Crippen LogP contribution is 2.28. The van der Waals surface area contributed by atoms with E-state index in [2.05, 4.69) is 37.6 Å². The molecule has 0 fully saturated rings. The topological polar surface area (TPSA) is 56.3 Å². The van der Waals surface area contributed by atoms with Crippen LogP contribution in [0.4, 0.5) is 0 Å². The molecule has 0 saturated heterocycles. The Bertz CT molecular complexity index is 606. The van der Waals surface area contributed by atoms with Gasteiger partial charge in [0.15, 0.2) is 5.78 Å². The number of aromatic hydroxyl groups is 1. The summed E-state index contributed by atoms with van der Waals surface area (Å²) in [6.45, 7) is 8.69. The van der Waals surface area contributed by atoms with Gasteiger partial charge in [0.2, 0.25) is 0 Å². The zero-order valence-electron chi connectivity index (χ0n) is 12.5. The summed E-state index contributed by atoms with van der Waals surface area (Å²) in [6.07, 6.45) is 1.69. The minimum absolute atomic E-state index is 0.0279. The number of nitrogens with zero attached hydrogens (tertiary/aromatic N) is 1. The standard InChI is InChI=1S/C16H22N2O2/c1-10(2)18(11(3)4)9-15(20)12-8-17-13-6-5-7-14(19)16(12)13/h5-8,10-11,17,19H,9H2,1-4H3. The van der Waals surface area contributed by atoms with E-state index in [0.717, 1.165) is 5.52 Å². The number of hydrogen-bond donors (Lipinski definition) is 2. The van der Waals surface area contributed by atoms with Crippen LogP contribution in [0.5, 0.6) is 5.75 Å². The Kier molecular flexibility index (Phi) is 4.14. The number of H-pyrrole nitrogens is 1. The Morgan fingerprint density at radius 1 is 1.25 bits per heavy atom. The van der Waals surface area contributed by atoms with Gasteiger partial charge >= 0.3 is 0 Å². The molecule has 1 aromatic heterocycles. The lowest BCUT2D eigenvalue weighted by atomic mass is 10.1. The summed E-state index contributed by atoms with van der Waals surface area (Å²) in [5.41, 5.74) is 1.35. The first-order valence-corrected chi connectivity index (χ1v) is 6.99. The SMILES string of the molecule is CC(C)N(CC(=O)c1c[nH]c2cccc(O)c12)C(C)C. The van der Waals surface area contributed by atoms with E-state index in [1.807, 2.05) is 6.07 Å². The van der Waals surface area contributed by atoms with Crippen LogP contribution < -0.4 is 0 Å². The molecule has 0 saturated carbocycles. The van der Waals surface area contributed by atoms with Crippen molar-refractivity contribution in [3.8, 4) is 5.75 Å². The van der Waals surface area contributed by atoms with Crippen LogP contribution in [0.25, 0.3) is 10.9 Å². The first-order valence-electron chi connectivity index (χ1n) is 6.99. The average molecular weight is 274 g/mol. The average Bonchev–Trinajstić information content (AvgIpc) is 2.80. The first-order chi connectivity index (χ1) is 9.41. The third-order valence-corrected chi connectivity index (χ3v) is 3.64. The van der Waals surface area contributed by atoms with Gasteiger partial charge < -0.3 is 10.1 Å². The summed E-state index contributed by atoms with van der Waals surface area (Å²) in [5.74, 6) is 0.174. The van der Waals surface area contributed by atoms with Crippen LogP contribution in [0, 0.1) is 0 Å². The fraction of sp³-hybridized carbons (Fsp3) is 0.438. The predicted octanol–water partition coefficient (Wildman–Crippen LogP) is 3.18. The fourth-order valence-electron chi connectivity index (χ4n) is 2.60. The lowest BCUT2D eigenvalue weighted by Crippen LogP contribution is -2.40. The Labute approximate surface area is 119 Å². The third kappa shape index (κ3) is 2.70. The number of fused-ring (bicyclic) bond motifs is 1. The molecule has 0 bridgehead atoms. The van der Waals surface area contributed by atoms with Crippen molar-refractivity contribution >= 4 is 16.7 Å². The maximum Gasteiger partial charge on any atom is 0.179 e. The number of carbonyl (C=O) groups excluding carboxylic acids is 1. The van der Waals surface area contributed by atoms with Gasteiger partial charge in [-0.3, -0.25) is 9.69 Å². The lowest BCUT2D eigenvalue weighted by Gasteiger charge is -2.29. The van der Waals surface area contributed by atoms with E-state index in [1.165, 1.54) is 0 Å². The van der Waals surface area contributed by atoms with Crippen molar-refractivity contribution in [3.63, 3.8) is 0 Å². The number of ketones is 1. The lowest BCUT2D eigenvalue weighted by molar-refractivity contribution is 0.0868. The van der Waals surface area contributed by atoms with Crippen LogP contribution >= 0.6 is 0 Å². The van der Waals surface area contributed by atoms with Gasteiger partial charge in [0.05, 0.1) is 11.9 Å². The molecule has 2 N–H and O–H groups in total. The molecule has 0 aliphatic rings. The largest absolute Gasteiger partial charge is 0.507 e. The molecule has 0 amide bonds. The minimum Gasteiger partial charge on any atom is -0.507 e. The molecule has 4 heteroatoms. The van der Waals surface area contributed by atoms with Gasteiger partial charge in [-0.05, 0) is 39.8 Å². The monoisotopic (exact) mass is 274 g/mol. The molecular weight excluding hydrogens is 252 g/mol. The fourth-order valence-corrected chi connectivity index (χ4v) is 2.60. The molecule has 2 rings (SSSR count). The van der Waals surface area contributed by atoms with E-state index in [-0.39, 0.29) is 11.5 Å². The van der Waals surface area contributed by atoms with E-state index < -0.39 is 0 Å². The number of nitrogens with one attached hydrogen (secondary N) is 1. The number of aromatic nitrogens is 1. The summed E-state index contributed by atoms with van der Waals surface area (Å²) < 4.78 is 0. The summed E-state index contributed by atoms with van der Waals surface area (Å²) in [4.78, 5) is 17.7. The van der Waals surface area contributed by atoms with E-state index >= 15 is 0 Å². The molecule has 0 spiro atoms. The highest BCUT2D eigenvalue weighted by atomic mass is 16.3. The quantitative estimate of drug-likeness (QED) is 0.823. The Hall–Kier alpha value is -1.81. The summed E-state index contributed by atoms with van der Waals surface area (Å²) in [5, 5.41) is 10.6. The zero-order chi connectivity index (χ0) is 14.9. The number of aromatic amines is 1. The van der Waals surface area contributed by atoms with Crippen LogP contribution in [0.3, 0.4) is 0 Å². The summed E-state index contributed by atoms with van der Waals surface area (Å²) >= 11 is 0. The molecule has 0 radical (unpaired) electrons. The van der Waals surface area contributed by atoms with E-state index in [0.29, 0.717) is 29.6 Å². The summed E-state index contributed by atoms with van der Waals surface area (Å²) in [6, 6.07) is 5.83. The van der Waals surface area contributed by atoms with Crippen molar-refractivity contribution in [2.45, 2.75) is 39.8 Å². The van der Waals surface area contributed by atoms with E-state index in [9.17, 15) is 9.90 Å². The molecule has 2 aromatic rings. The van der Waals surface area contributed by atoms with Crippen LogP contribution in [-0.4, -0.2) is 39.4 Å². The summed E-state index contributed by atoms with van der Waals surface area (Å²) in [7, 11) is 0. The third-order valence-electron chi connectivity index (χ3n) is 3.64. The van der Waals surface area contributed by atoms with Gasteiger partial charge in [-0.25, -0.2) is 0 Å². The zero-order valence-corrected chi connectivity index (χ0v) is 12.5. The molecule has 4 nitrogen and oxygen atoms in total. The highest BCUT2D eigenvalue weighted by molar-refractivity contribution is 6.10. The second-order valence-electron chi connectivity index (χ2n) is 5.69. The number of hydrogen-bond acceptors (Lipinski definition) is 3. The van der Waals surface area contributed by atoms with Crippen LogP contribution in [0.2, 0.25) is 0 Å². The van der Waals surface area contributed by atoms with Crippen molar-refractivity contribution < 1.29 is 9.90 Å². The van der Waals surface area contributed by atoms with Crippen LogP contribution in [-0.2, 0) is 0 Å². The maximum absolute atomic E-state index is 12.5. The van der Waals surface area contributed by atoms with Crippen LogP contribution in [0.15, 0.2) is 24.4 Å². The predicted molar refractivity (Wildman–Crippen MR) is 81.3 cm³/mol. The van der Waals surface area contributed by atoms with Gasteiger partial charge in [-0.1, -0.05) is 6.07 Å². The molecule has 1 heterocycles. The number of phenolic OH excluding ortho intramolecular Hbond substituents is 1. The maximum atomic E-state index is 12.5. The van der Waals surface area contributed by atoms with E-state index in [1.54, 1.807) is 18.3 Å². The Balaban J connectivity index is 2.32. The number of rotatable bonds is 5. The van der Waals surface area contributed by atoms with Crippen LogP contribution in [0.1, 0.15) is 38.1 Å². The van der Waals surface area contributed by atoms with Crippen molar-refractivity contribution in [2.24, 2.45) is 0 Å². The molecular formula is C16H22N2O2. The van der Waals surface area contributed by atoms with Gasteiger partial charge in [0, 0.05) is 29.4 Å². The minimum atomic E-state index is 0.0279. The number of phenols is 1. The number of carbonyl (C=O) groups is 1. The first kappa shape index (κ1) is 14.6. The van der Waals surface area contributed by atoms with Crippen molar-refractivity contribution in [1.82, 2.24) is 9.88 Å². The highest BCUT2D eigenvalue weighted by Gasteiger charge is 2.21. The molecule has 0 unspecified atom stereocenters. The van der Waals surface area contributed by atoms with Gasteiger partial charge in [-0.2, -0.15) is 0 Å². The van der Waals surface area contributed by atoms with E-state index in [4.69, 9.17) is 0 Å². The van der Waals surface area contributed by atoms with Gasteiger partial charge in [0.25, 0.3) is 0 Å². The van der Waals surface area contributed by atoms with Gasteiger partial charge in [-0.15, -0.1) is 0 Å².